The molecule has 0 amide bonds. The smallest absolute Gasteiger partial charge is 0.193 e. The molecule has 6 heteroatoms. The van der Waals surface area contributed by atoms with Crippen LogP contribution in [0, 0.1) is 0 Å². The molecule has 0 aliphatic rings. The van der Waals surface area contributed by atoms with E-state index < -0.39 is 0 Å². The van der Waals surface area contributed by atoms with Crippen molar-refractivity contribution in [3.63, 3.8) is 0 Å². The number of rotatable bonds is 5. The summed E-state index contributed by atoms with van der Waals surface area (Å²) in [4.78, 5) is 0. The van der Waals surface area contributed by atoms with Gasteiger partial charge in [0.2, 0.25) is 0 Å². The fourth-order valence-corrected chi connectivity index (χ4v) is 2.95. The van der Waals surface area contributed by atoms with Crippen LogP contribution >= 0.6 is 16.9 Å². The standard InChI is InChI=1S/C14H12O4P2/c1-17-9-5-3-7-11(19-15)13(9)14-10(18-2)6-4-8-12(14)20-16/h3-8H,1-2H3. The molecule has 0 fully saturated rings. The van der Waals surface area contributed by atoms with E-state index in [4.69, 9.17) is 9.47 Å². The highest BCUT2D eigenvalue weighted by Gasteiger charge is 2.19. The second-order valence-corrected chi connectivity index (χ2v) is 5.22. The number of hydrogen-bond donors (Lipinski definition) is 0. The Morgan fingerprint density at radius 1 is 0.750 bits per heavy atom. The fraction of sp³-hybridized carbons (Fsp3) is 0.143. The normalized spacial score (nSPS) is 10.7. The Bertz CT molecular complexity index is 598. The lowest BCUT2D eigenvalue weighted by Crippen LogP contribution is -2.08. The minimum Gasteiger partial charge on any atom is -0.496 e. The molecule has 0 N–H and O–H groups in total. The van der Waals surface area contributed by atoms with Gasteiger partial charge in [-0.15, -0.1) is 0 Å². The van der Waals surface area contributed by atoms with Gasteiger partial charge in [0.1, 0.15) is 11.5 Å². The number of ether oxygens (including phenoxy) is 2. The van der Waals surface area contributed by atoms with Gasteiger partial charge >= 0.3 is 0 Å². The fourth-order valence-electron chi connectivity index (χ4n) is 2.03. The van der Waals surface area contributed by atoms with E-state index in [1.807, 2.05) is 0 Å². The predicted octanol–water partition coefficient (Wildman–Crippen LogP) is 3.20. The van der Waals surface area contributed by atoms with Crippen LogP contribution in [-0.2, 0) is 9.13 Å². The third-order valence-electron chi connectivity index (χ3n) is 2.89. The molecule has 0 aliphatic carbocycles. The third-order valence-corrected chi connectivity index (χ3v) is 4.03. The molecule has 0 aromatic heterocycles. The van der Waals surface area contributed by atoms with Crippen molar-refractivity contribution in [3.05, 3.63) is 36.4 Å². The van der Waals surface area contributed by atoms with Crippen LogP contribution in [0.1, 0.15) is 0 Å². The van der Waals surface area contributed by atoms with E-state index in [9.17, 15) is 9.13 Å². The summed E-state index contributed by atoms with van der Waals surface area (Å²) in [7, 11) is 2.80. The summed E-state index contributed by atoms with van der Waals surface area (Å²) in [6, 6.07) is 10.5. The molecular weight excluding hydrogens is 294 g/mol. The molecule has 2 rings (SSSR count). The Labute approximate surface area is 120 Å². The van der Waals surface area contributed by atoms with Crippen molar-refractivity contribution in [3.8, 4) is 22.6 Å². The summed E-state index contributed by atoms with van der Waals surface area (Å²) < 4.78 is 33.5. The van der Waals surface area contributed by atoms with E-state index >= 15 is 0 Å². The molecule has 0 saturated heterocycles. The van der Waals surface area contributed by atoms with Crippen LogP contribution in [0.2, 0.25) is 0 Å². The van der Waals surface area contributed by atoms with Crippen molar-refractivity contribution in [1.82, 2.24) is 0 Å². The first-order valence-corrected chi connectivity index (χ1v) is 7.40. The zero-order valence-electron chi connectivity index (χ0n) is 11.0. The van der Waals surface area contributed by atoms with Gasteiger partial charge in [0.05, 0.1) is 24.8 Å². The zero-order valence-corrected chi connectivity index (χ0v) is 12.8. The molecule has 102 valence electrons. The van der Waals surface area contributed by atoms with Crippen molar-refractivity contribution in [2.75, 3.05) is 14.2 Å². The van der Waals surface area contributed by atoms with Gasteiger partial charge in [0.15, 0.2) is 16.9 Å². The monoisotopic (exact) mass is 306 g/mol. The molecular formula is C14H12O4P2. The lowest BCUT2D eigenvalue weighted by molar-refractivity contribution is 0.411. The first-order chi connectivity index (χ1) is 9.76. The Kier molecular flexibility index (Phi) is 4.84. The van der Waals surface area contributed by atoms with Gasteiger partial charge in [0.25, 0.3) is 0 Å². The van der Waals surface area contributed by atoms with Gasteiger partial charge in [-0.25, -0.2) is 0 Å². The van der Waals surface area contributed by atoms with Crippen LogP contribution in [0.4, 0.5) is 0 Å². The van der Waals surface area contributed by atoms with E-state index in [1.165, 1.54) is 14.2 Å². The minimum atomic E-state index is -0.137. The highest BCUT2D eigenvalue weighted by molar-refractivity contribution is 7.35. The van der Waals surface area contributed by atoms with Crippen LogP contribution in [0.5, 0.6) is 11.5 Å². The maximum absolute atomic E-state index is 11.4. The summed E-state index contributed by atoms with van der Waals surface area (Å²) in [5.74, 6) is 1.11. The SMILES string of the molecule is COc1cccc(P=O)c1-c1c(OC)cccc1P=O. The molecule has 0 saturated carbocycles. The Balaban J connectivity index is 2.86. The Morgan fingerprint density at radius 2 is 1.15 bits per heavy atom. The molecule has 0 heterocycles. The van der Waals surface area contributed by atoms with Gasteiger partial charge in [-0.1, -0.05) is 12.1 Å². The van der Waals surface area contributed by atoms with Gasteiger partial charge in [-0.05, 0) is 24.3 Å². The van der Waals surface area contributed by atoms with Crippen molar-refractivity contribution in [1.29, 1.82) is 0 Å². The lowest BCUT2D eigenvalue weighted by atomic mass is 10.0. The summed E-state index contributed by atoms with van der Waals surface area (Å²) in [5.41, 5.74) is 1.25. The molecule has 0 bridgehead atoms. The molecule has 0 unspecified atom stereocenters. The van der Waals surface area contributed by atoms with E-state index in [2.05, 4.69) is 0 Å². The minimum absolute atomic E-state index is 0.137. The zero-order chi connectivity index (χ0) is 14.5. The second-order valence-electron chi connectivity index (χ2n) is 3.89. The maximum atomic E-state index is 11.4. The van der Waals surface area contributed by atoms with Gasteiger partial charge in [-0.2, -0.15) is 0 Å². The van der Waals surface area contributed by atoms with Crippen molar-refractivity contribution >= 4 is 27.5 Å². The van der Waals surface area contributed by atoms with Crippen molar-refractivity contribution < 1.29 is 18.6 Å². The largest absolute Gasteiger partial charge is 0.496 e. The molecule has 20 heavy (non-hydrogen) atoms. The summed E-state index contributed by atoms with van der Waals surface area (Å²) >= 11 is 0. The summed E-state index contributed by atoms with van der Waals surface area (Å²) in [5, 5.41) is 1.11. The topological polar surface area (TPSA) is 52.6 Å². The van der Waals surface area contributed by atoms with Gasteiger partial charge in [0, 0.05) is 11.1 Å². The number of hydrogen-bond acceptors (Lipinski definition) is 4. The van der Waals surface area contributed by atoms with Crippen LogP contribution in [0.15, 0.2) is 36.4 Å². The number of methoxy groups -OCH3 is 2. The van der Waals surface area contributed by atoms with Gasteiger partial charge in [-0.3, -0.25) is 9.13 Å². The Morgan fingerprint density at radius 3 is 1.45 bits per heavy atom. The van der Waals surface area contributed by atoms with Crippen molar-refractivity contribution in [2.24, 2.45) is 0 Å². The Hall–Kier alpha value is -1.76. The average molecular weight is 306 g/mol. The second kappa shape index (κ2) is 6.60. The molecule has 0 atom stereocenters. The number of benzene rings is 2. The lowest BCUT2D eigenvalue weighted by Gasteiger charge is -2.15. The first kappa shape index (κ1) is 14.6. The van der Waals surface area contributed by atoms with E-state index in [1.54, 1.807) is 36.4 Å². The summed E-state index contributed by atoms with van der Waals surface area (Å²) in [6.45, 7) is 0. The highest BCUT2D eigenvalue weighted by Crippen LogP contribution is 2.36. The highest BCUT2D eigenvalue weighted by atomic mass is 31.1. The molecule has 0 radical (unpaired) electrons. The molecule has 0 spiro atoms. The quantitative estimate of drug-likeness (QED) is 0.796. The maximum Gasteiger partial charge on any atom is 0.193 e. The van der Waals surface area contributed by atoms with Crippen LogP contribution in [-0.4, -0.2) is 14.2 Å². The van der Waals surface area contributed by atoms with Crippen LogP contribution in [0.3, 0.4) is 0 Å². The molecule has 0 aliphatic heterocycles. The third kappa shape index (κ3) is 2.58. The van der Waals surface area contributed by atoms with E-state index in [0.29, 0.717) is 33.2 Å². The van der Waals surface area contributed by atoms with Crippen LogP contribution < -0.4 is 20.1 Å². The average Bonchev–Trinajstić information content (AvgIpc) is 2.52. The molecule has 2 aromatic rings. The van der Waals surface area contributed by atoms with E-state index in [0.717, 1.165) is 0 Å². The molecule has 4 nitrogen and oxygen atoms in total. The van der Waals surface area contributed by atoms with Crippen molar-refractivity contribution in [2.45, 2.75) is 0 Å². The molecule has 2 aromatic carbocycles. The predicted molar refractivity (Wildman–Crippen MR) is 79.5 cm³/mol. The first-order valence-electron chi connectivity index (χ1n) is 5.78. The van der Waals surface area contributed by atoms with E-state index in [-0.39, 0.29) is 16.9 Å². The van der Waals surface area contributed by atoms with Gasteiger partial charge < -0.3 is 9.47 Å². The summed E-state index contributed by atoms with van der Waals surface area (Å²) in [6.07, 6.45) is 0. The van der Waals surface area contributed by atoms with Crippen LogP contribution in [0.25, 0.3) is 11.1 Å².